The molecule has 1 aromatic heterocycles. The molecule has 8 nitrogen and oxygen atoms in total. The minimum absolute atomic E-state index is 0.142. The maximum absolute atomic E-state index is 13.2. The minimum Gasteiger partial charge on any atom is -0.404 e. The van der Waals surface area contributed by atoms with E-state index in [2.05, 4.69) is 21.4 Å². The van der Waals surface area contributed by atoms with E-state index in [-0.39, 0.29) is 24.2 Å². The lowest BCUT2D eigenvalue weighted by Gasteiger charge is -2.21. The first kappa shape index (κ1) is 23.2. The molecular weight excluding hydrogens is 428 g/mol. The van der Waals surface area contributed by atoms with Gasteiger partial charge in [-0.15, -0.1) is 0 Å². The molecule has 34 heavy (non-hydrogen) atoms. The Labute approximate surface area is 199 Å². The van der Waals surface area contributed by atoms with Crippen LogP contribution >= 0.6 is 0 Å². The van der Waals surface area contributed by atoms with Gasteiger partial charge in [0.15, 0.2) is 0 Å². The van der Waals surface area contributed by atoms with Crippen LogP contribution in [0.1, 0.15) is 36.1 Å². The number of nitrogens with zero attached hydrogens (tertiary/aromatic N) is 4. The van der Waals surface area contributed by atoms with E-state index in [0.29, 0.717) is 30.2 Å². The van der Waals surface area contributed by atoms with Gasteiger partial charge in [0.05, 0.1) is 12.5 Å². The van der Waals surface area contributed by atoms with Crippen molar-refractivity contribution in [2.24, 2.45) is 22.1 Å². The molecule has 1 atom stereocenters. The van der Waals surface area contributed by atoms with Crippen molar-refractivity contribution in [1.82, 2.24) is 4.98 Å². The second-order valence-corrected chi connectivity index (χ2v) is 8.85. The van der Waals surface area contributed by atoms with Crippen LogP contribution in [0, 0.1) is 29.6 Å². The third kappa shape index (κ3) is 4.55. The first-order chi connectivity index (χ1) is 16.4. The number of aryl methyl sites for hydroxylation is 1. The fourth-order valence-electron chi connectivity index (χ4n) is 4.59. The lowest BCUT2D eigenvalue weighted by Crippen LogP contribution is -2.35. The predicted molar refractivity (Wildman–Crippen MR) is 132 cm³/mol. The Morgan fingerprint density at radius 1 is 1.38 bits per heavy atom. The number of aliphatic imine (C=N–C) groups is 1. The maximum atomic E-state index is 13.2. The fourth-order valence-corrected chi connectivity index (χ4v) is 4.59. The number of hydrogen-bond acceptors (Lipinski definition) is 6. The summed E-state index contributed by atoms with van der Waals surface area (Å²) in [5, 5.41) is 12.6. The zero-order chi connectivity index (χ0) is 24.3. The van der Waals surface area contributed by atoms with Crippen LogP contribution in [0.4, 0.5) is 11.5 Å². The number of benzene rings is 1. The second kappa shape index (κ2) is 9.48. The molecule has 174 valence electrons. The third-order valence-electron chi connectivity index (χ3n) is 6.42. The van der Waals surface area contributed by atoms with Crippen LogP contribution in [0.25, 0.3) is 5.57 Å². The van der Waals surface area contributed by atoms with E-state index in [0.717, 1.165) is 29.5 Å². The average Bonchev–Trinajstić information content (AvgIpc) is 3.61. The summed E-state index contributed by atoms with van der Waals surface area (Å²) in [5.74, 6) is 0.175. The molecule has 2 fully saturated rings. The van der Waals surface area contributed by atoms with Crippen molar-refractivity contribution >= 4 is 35.1 Å². The molecule has 1 aromatic carbocycles. The minimum atomic E-state index is -0.912. The number of nitrogens with two attached hydrogens (primary N) is 1. The van der Waals surface area contributed by atoms with Gasteiger partial charge in [-0.05, 0) is 49.3 Å². The van der Waals surface area contributed by atoms with Gasteiger partial charge in [-0.2, -0.15) is 5.26 Å². The lowest BCUT2D eigenvalue weighted by atomic mass is 9.83. The van der Waals surface area contributed by atoms with Gasteiger partial charge in [0, 0.05) is 49.0 Å². The Morgan fingerprint density at radius 3 is 2.85 bits per heavy atom. The molecule has 2 heterocycles. The Hall–Kier alpha value is -3.99. The standard InChI is InChI=1S/C26H28N6O2/c1-17-10-22(32-9-8-26(16-28,25(32)34)21-6-7-21)13-23(30-17)31-24(33)12-18-4-3-5-19(11-18)20(14-27)15-29-2/h3-5,10-11,13-15,21H,6-9,12,27H2,1-2H3,(H,30,31,33)/t26-/m1/s1. The Kier molecular flexibility index (Phi) is 6.46. The molecule has 2 aromatic rings. The number of anilines is 2. The van der Waals surface area contributed by atoms with Crippen LogP contribution in [0.2, 0.25) is 0 Å². The highest BCUT2D eigenvalue weighted by atomic mass is 16.2. The summed E-state index contributed by atoms with van der Waals surface area (Å²) in [6.45, 7) is 2.31. The van der Waals surface area contributed by atoms with E-state index in [1.54, 1.807) is 24.2 Å². The zero-order valence-electron chi connectivity index (χ0n) is 19.4. The summed E-state index contributed by atoms with van der Waals surface area (Å²) in [6, 6.07) is 13.4. The highest BCUT2D eigenvalue weighted by Gasteiger charge is 2.56. The predicted octanol–water partition coefficient (Wildman–Crippen LogP) is 3.23. The second-order valence-electron chi connectivity index (χ2n) is 8.85. The van der Waals surface area contributed by atoms with Crippen molar-refractivity contribution in [2.75, 3.05) is 23.8 Å². The number of carbonyl (C=O) groups excluding carboxylic acids is 2. The number of nitriles is 1. The number of rotatable bonds is 7. The van der Waals surface area contributed by atoms with E-state index in [1.807, 2.05) is 37.3 Å². The van der Waals surface area contributed by atoms with Gasteiger partial charge >= 0.3 is 0 Å². The van der Waals surface area contributed by atoms with Crippen molar-refractivity contribution in [3.63, 3.8) is 0 Å². The van der Waals surface area contributed by atoms with Crippen molar-refractivity contribution in [2.45, 2.75) is 32.6 Å². The van der Waals surface area contributed by atoms with E-state index in [1.165, 1.54) is 6.20 Å². The van der Waals surface area contributed by atoms with Gasteiger partial charge in [0.1, 0.15) is 11.2 Å². The van der Waals surface area contributed by atoms with E-state index >= 15 is 0 Å². The summed E-state index contributed by atoms with van der Waals surface area (Å²) in [4.78, 5) is 36.0. The van der Waals surface area contributed by atoms with Gasteiger partial charge in [-0.1, -0.05) is 24.3 Å². The van der Waals surface area contributed by atoms with Gasteiger partial charge < -0.3 is 16.0 Å². The number of carbonyl (C=O) groups is 2. The Bertz CT molecular complexity index is 1220. The van der Waals surface area contributed by atoms with Crippen molar-refractivity contribution in [3.8, 4) is 6.07 Å². The molecule has 3 N–H and O–H groups in total. The van der Waals surface area contributed by atoms with Crippen LogP contribution < -0.4 is 16.0 Å². The van der Waals surface area contributed by atoms with E-state index in [4.69, 9.17) is 5.73 Å². The molecule has 2 aliphatic rings. The number of hydrogen-bond donors (Lipinski definition) is 2. The third-order valence-corrected chi connectivity index (χ3v) is 6.42. The summed E-state index contributed by atoms with van der Waals surface area (Å²) >= 11 is 0. The summed E-state index contributed by atoms with van der Waals surface area (Å²) < 4.78 is 0. The lowest BCUT2D eigenvalue weighted by molar-refractivity contribution is -0.123. The molecule has 0 spiro atoms. The molecule has 8 heteroatoms. The first-order valence-electron chi connectivity index (χ1n) is 11.4. The topological polar surface area (TPSA) is 124 Å². The van der Waals surface area contributed by atoms with Crippen molar-refractivity contribution < 1.29 is 9.59 Å². The molecule has 1 saturated carbocycles. The molecule has 1 aliphatic carbocycles. The van der Waals surface area contributed by atoms with Crippen molar-refractivity contribution in [3.05, 3.63) is 59.4 Å². The number of nitrogens with one attached hydrogen (secondary N) is 1. The highest BCUT2D eigenvalue weighted by molar-refractivity contribution is 6.09. The van der Waals surface area contributed by atoms with Crippen LogP contribution in [0.5, 0.6) is 0 Å². The quantitative estimate of drug-likeness (QED) is 0.619. The van der Waals surface area contributed by atoms with Gasteiger partial charge in [0.25, 0.3) is 0 Å². The zero-order valence-corrected chi connectivity index (χ0v) is 19.4. The average molecular weight is 457 g/mol. The number of aromatic nitrogens is 1. The van der Waals surface area contributed by atoms with E-state index < -0.39 is 5.41 Å². The summed E-state index contributed by atoms with van der Waals surface area (Å²) in [6.07, 6.45) is 5.70. The molecule has 2 amide bonds. The molecule has 1 aliphatic heterocycles. The van der Waals surface area contributed by atoms with Crippen LogP contribution in [-0.2, 0) is 16.0 Å². The summed E-state index contributed by atoms with van der Waals surface area (Å²) in [5.41, 5.74) is 8.58. The largest absolute Gasteiger partial charge is 0.404 e. The monoisotopic (exact) mass is 456 g/mol. The summed E-state index contributed by atoms with van der Waals surface area (Å²) in [7, 11) is 1.67. The molecule has 0 bridgehead atoms. The van der Waals surface area contributed by atoms with Crippen LogP contribution in [0.3, 0.4) is 0 Å². The van der Waals surface area contributed by atoms with Gasteiger partial charge in [-0.3, -0.25) is 14.6 Å². The highest BCUT2D eigenvalue weighted by Crippen LogP contribution is 2.52. The normalized spacial score (nSPS) is 20.6. The fraction of sp³-hybridized carbons (Fsp3) is 0.346. The smallest absolute Gasteiger partial charge is 0.247 e. The molecule has 0 unspecified atom stereocenters. The molecule has 4 rings (SSSR count). The number of amides is 2. The first-order valence-corrected chi connectivity index (χ1v) is 11.4. The number of pyridine rings is 1. The van der Waals surface area contributed by atoms with Crippen LogP contribution in [0.15, 0.2) is 47.6 Å². The molecular formula is C26H28N6O2. The SMILES string of the molecule is CN=CC(=CN)c1cccc(CC(=O)Nc2cc(N3CC[C@@](C#N)(C4CC4)C3=O)cc(C)n2)c1. The molecule has 1 saturated heterocycles. The Morgan fingerprint density at radius 2 is 2.18 bits per heavy atom. The van der Waals surface area contributed by atoms with Crippen molar-refractivity contribution in [1.29, 1.82) is 5.26 Å². The van der Waals surface area contributed by atoms with Gasteiger partial charge in [-0.25, -0.2) is 4.98 Å². The Balaban J connectivity index is 1.49. The van der Waals surface area contributed by atoms with Crippen LogP contribution in [-0.4, -0.2) is 36.6 Å². The van der Waals surface area contributed by atoms with Gasteiger partial charge in [0.2, 0.25) is 11.8 Å². The molecule has 0 radical (unpaired) electrons. The van der Waals surface area contributed by atoms with E-state index in [9.17, 15) is 14.9 Å². The number of allylic oxidation sites excluding steroid dienone is 1. The maximum Gasteiger partial charge on any atom is 0.247 e.